The van der Waals surface area contributed by atoms with Gasteiger partial charge in [-0.2, -0.15) is 0 Å². The van der Waals surface area contributed by atoms with Gasteiger partial charge in [0.05, 0.1) is 12.8 Å². The van der Waals surface area contributed by atoms with E-state index in [2.05, 4.69) is 4.98 Å². The molecule has 2 aromatic heterocycles. The minimum absolute atomic E-state index is 0.113. The highest BCUT2D eigenvalue weighted by Crippen LogP contribution is 2.25. The van der Waals surface area contributed by atoms with Gasteiger partial charge in [0, 0.05) is 43.7 Å². The van der Waals surface area contributed by atoms with Gasteiger partial charge in [-0.25, -0.2) is 0 Å². The van der Waals surface area contributed by atoms with Crippen LogP contribution in [-0.2, 0) is 22.7 Å². The lowest BCUT2D eigenvalue weighted by Crippen LogP contribution is -2.34. The van der Waals surface area contributed by atoms with E-state index in [0.29, 0.717) is 37.6 Å². The monoisotopic (exact) mass is 405 g/mol. The molecule has 4 rings (SSSR count). The minimum atomic E-state index is -0.169. The zero-order valence-corrected chi connectivity index (χ0v) is 16.6. The van der Waals surface area contributed by atoms with Crippen LogP contribution in [0.15, 0.2) is 71.6 Å². The molecule has 0 radical (unpaired) electrons. The Bertz CT molecular complexity index is 989. The highest BCUT2D eigenvalue weighted by Gasteiger charge is 2.22. The van der Waals surface area contributed by atoms with E-state index >= 15 is 0 Å². The maximum Gasteiger partial charge on any atom is 0.261 e. The third-order valence-electron chi connectivity index (χ3n) is 4.94. The number of ether oxygens (including phenoxy) is 1. The van der Waals surface area contributed by atoms with Crippen molar-refractivity contribution in [2.24, 2.45) is 0 Å². The zero-order chi connectivity index (χ0) is 20.8. The van der Waals surface area contributed by atoms with Gasteiger partial charge < -0.3 is 19.0 Å². The Balaban J connectivity index is 1.42. The molecule has 7 heteroatoms. The summed E-state index contributed by atoms with van der Waals surface area (Å²) in [6.45, 7) is 1.34. The molecule has 1 fully saturated rings. The van der Waals surface area contributed by atoms with Crippen molar-refractivity contribution >= 4 is 17.5 Å². The molecule has 0 atom stereocenters. The summed E-state index contributed by atoms with van der Waals surface area (Å²) in [5.74, 6) is 1.20. The first-order valence-corrected chi connectivity index (χ1v) is 9.91. The van der Waals surface area contributed by atoms with Crippen LogP contribution in [0.2, 0.25) is 0 Å². The van der Waals surface area contributed by atoms with E-state index in [1.807, 2.05) is 30.3 Å². The van der Waals surface area contributed by atoms with E-state index in [1.54, 1.807) is 46.7 Å². The number of carbonyl (C=O) groups excluding carboxylic acids is 2. The van der Waals surface area contributed by atoms with E-state index in [0.717, 1.165) is 17.7 Å². The summed E-state index contributed by atoms with van der Waals surface area (Å²) in [4.78, 5) is 32.4. The Kier molecular flexibility index (Phi) is 6.08. The van der Waals surface area contributed by atoms with Crippen LogP contribution < -0.4 is 9.64 Å². The molecule has 1 aliphatic rings. The number of pyridine rings is 1. The van der Waals surface area contributed by atoms with Crippen LogP contribution >= 0.6 is 0 Å². The van der Waals surface area contributed by atoms with Crippen molar-refractivity contribution in [2.45, 2.75) is 25.9 Å². The molecule has 0 saturated carbocycles. The summed E-state index contributed by atoms with van der Waals surface area (Å²) >= 11 is 0. The molecule has 30 heavy (non-hydrogen) atoms. The second-order valence-electron chi connectivity index (χ2n) is 7.13. The lowest BCUT2D eigenvalue weighted by atomic mass is 10.2. The van der Waals surface area contributed by atoms with E-state index < -0.39 is 0 Å². The molecular weight excluding hydrogens is 382 g/mol. The average Bonchev–Trinajstić information content (AvgIpc) is 3.44. The van der Waals surface area contributed by atoms with Gasteiger partial charge in [-0.05, 0) is 42.3 Å². The number of amides is 2. The fourth-order valence-corrected chi connectivity index (χ4v) is 3.43. The van der Waals surface area contributed by atoms with Gasteiger partial charge in [0.15, 0.2) is 6.61 Å². The first-order valence-electron chi connectivity index (χ1n) is 9.91. The lowest BCUT2D eigenvalue weighted by Gasteiger charge is -2.22. The molecule has 3 aromatic rings. The summed E-state index contributed by atoms with van der Waals surface area (Å²) in [6, 6.07) is 14.7. The fourth-order valence-electron chi connectivity index (χ4n) is 3.43. The second-order valence-corrected chi connectivity index (χ2v) is 7.13. The van der Waals surface area contributed by atoms with Crippen molar-refractivity contribution in [3.05, 3.63) is 78.5 Å². The highest BCUT2D eigenvalue weighted by molar-refractivity contribution is 5.95. The predicted molar refractivity (Wildman–Crippen MR) is 111 cm³/mol. The zero-order valence-electron chi connectivity index (χ0n) is 16.6. The van der Waals surface area contributed by atoms with E-state index in [1.165, 1.54) is 0 Å². The Labute approximate surface area is 174 Å². The molecular formula is C23H23N3O4. The summed E-state index contributed by atoms with van der Waals surface area (Å²) in [6.07, 6.45) is 6.45. The summed E-state index contributed by atoms with van der Waals surface area (Å²) in [5.41, 5.74) is 1.72. The number of rotatable bonds is 8. The van der Waals surface area contributed by atoms with Crippen molar-refractivity contribution in [1.29, 1.82) is 0 Å². The maximum absolute atomic E-state index is 12.9. The van der Waals surface area contributed by atoms with Crippen molar-refractivity contribution < 1.29 is 18.7 Å². The molecule has 154 valence electrons. The number of nitrogens with zero attached hydrogens (tertiary/aromatic N) is 3. The first-order chi connectivity index (χ1) is 14.7. The van der Waals surface area contributed by atoms with Crippen molar-refractivity contribution in [1.82, 2.24) is 9.88 Å². The van der Waals surface area contributed by atoms with Gasteiger partial charge in [-0.1, -0.05) is 12.1 Å². The summed E-state index contributed by atoms with van der Waals surface area (Å²) < 4.78 is 11.2. The van der Waals surface area contributed by atoms with Crippen LogP contribution in [0, 0.1) is 0 Å². The normalized spacial score (nSPS) is 13.5. The van der Waals surface area contributed by atoms with Crippen LogP contribution in [0.5, 0.6) is 5.75 Å². The molecule has 3 heterocycles. The van der Waals surface area contributed by atoms with Crippen LogP contribution in [0.1, 0.15) is 24.2 Å². The largest absolute Gasteiger partial charge is 0.484 e. The van der Waals surface area contributed by atoms with E-state index in [-0.39, 0.29) is 18.4 Å². The number of aromatic nitrogens is 1. The quantitative estimate of drug-likeness (QED) is 0.574. The highest BCUT2D eigenvalue weighted by atomic mass is 16.5. The van der Waals surface area contributed by atoms with Gasteiger partial charge in [-0.15, -0.1) is 0 Å². The molecule has 2 amide bonds. The Morgan fingerprint density at radius 1 is 1.17 bits per heavy atom. The van der Waals surface area contributed by atoms with Crippen molar-refractivity contribution in [3.63, 3.8) is 0 Å². The minimum Gasteiger partial charge on any atom is -0.484 e. The Morgan fingerprint density at radius 2 is 2.10 bits per heavy atom. The molecule has 7 nitrogen and oxygen atoms in total. The van der Waals surface area contributed by atoms with Gasteiger partial charge in [0.25, 0.3) is 5.91 Å². The maximum atomic E-state index is 12.9. The van der Waals surface area contributed by atoms with Crippen LogP contribution in [-0.4, -0.2) is 34.8 Å². The summed E-state index contributed by atoms with van der Waals surface area (Å²) in [7, 11) is 0. The van der Waals surface area contributed by atoms with Crippen LogP contribution in [0.25, 0.3) is 0 Å². The number of benzene rings is 1. The fraction of sp³-hybridized carbons (Fsp3) is 0.261. The smallest absolute Gasteiger partial charge is 0.261 e. The third-order valence-corrected chi connectivity index (χ3v) is 4.94. The molecule has 0 aliphatic carbocycles. The van der Waals surface area contributed by atoms with Gasteiger partial charge in [0.1, 0.15) is 11.5 Å². The average molecular weight is 405 g/mol. The van der Waals surface area contributed by atoms with Gasteiger partial charge >= 0.3 is 0 Å². The molecule has 0 unspecified atom stereocenters. The topological polar surface area (TPSA) is 75.9 Å². The number of anilines is 1. The molecule has 0 N–H and O–H groups in total. The molecule has 0 spiro atoms. The third kappa shape index (κ3) is 4.86. The van der Waals surface area contributed by atoms with E-state index in [4.69, 9.17) is 9.15 Å². The summed E-state index contributed by atoms with van der Waals surface area (Å²) in [5, 5.41) is 0. The molecule has 1 aromatic carbocycles. The number of hydrogen-bond acceptors (Lipinski definition) is 5. The first kappa shape index (κ1) is 19.7. The van der Waals surface area contributed by atoms with Crippen LogP contribution in [0.3, 0.4) is 0 Å². The number of hydrogen-bond donors (Lipinski definition) is 0. The lowest BCUT2D eigenvalue weighted by molar-refractivity contribution is -0.135. The van der Waals surface area contributed by atoms with Crippen LogP contribution in [0.4, 0.5) is 5.69 Å². The number of furan rings is 1. The SMILES string of the molecule is O=C(COc1cccc(N2CCCC2=O)c1)N(Cc1cccnc1)Cc1ccco1. The Hall–Kier alpha value is -3.61. The van der Waals surface area contributed by atoms with Crippen molar-refractivity contribution in [2.75, 3.05) is 18.1 Å². The molecule has 1 aliphatic heterocycles. The van der Waals surface area contributed by atoms with Gasteiger partial charge in [0.2, 0.25) is 5.91 Å². The molecule has 1 saturated heterocycles. The van der Waals surface area contributed by atoms with E-state index in [9.17, 15) is 9.59 Å². The standard InChI is InChI=1S/C23H23N3O4/c27-22-9-3-11-26(22)19-6-1-7-20(13-19)30-17-23(28)25(16-21-8-4-12-29-21)15-18-5-2-10-24-14-18/h1-2,4-8,10,12-14H,3,9,11,15-17H2. The number of carbonyl (C=O) groups is 2. The Morgan fingerprint density at radius 3 is 2.83 bits per heavy atom. The second kappa shape index (κ2) is 9.26. The molecule has 0 bridgehead atoms. The predicted octanol–water partition coefficient (Wildman–Crippen LogP) is 3.41. The van der Waals surface area contributed by atoms with Gasteiger partial charge in [-0.3, -0.25) is 14.6 Å². The van der Waals surface area contributed by atoms with Crippen molar-refractivity contribution in [3.8, 4) is 5.75 Å².